The van der Waals surface area contributed by atoms with Crippen LogP contribution in [0, 0.1) is 5.82 Å². The Bertz CT molecular complexity index is 912. The largest absolute Gasteiger partial charge is 0.480 e. The highest BCUT2D eigenvalue weighted by Gasteiger charge is 2.28. The first kappa shape index (κ1) is 14.3. The van der Waals surface area contributed by atoms with Gasteiger partial charge in [-0.15, -0.1) is 10.2 Å². The second-order valence-corrected chi connectivity index (χ2v) is 5.11. The second kappa shape index (κ2) is 5.73. The summed E-state index contributed by atoms with van der Waals surface area (Å²) in [6.45, 7) is -0.0158. The minimum atomic E-state index is -0.395. The molecule has 0 saturated carbocycles. The smallest absolute Gasteiger partial charge is 0.266 e. The number of benzene rings is 1. The number of amides is 1. The van der Waals surface area contributed by atoms with Crippen molar-refractivity contribution in [3.05, 3.63) is 54.3 Å². The molecule has 3 heterocycles. The number of aromatic nitrogens is 3. The van der Waals surface area contributed by atoms with Gasteiger partial charge in [-0.25, -0.2) is 9.37 Å². The molecular formula is C16H11FN4O3. The Morgan fingerprint density at radius 2 is 2.12 bits per heavy atom. The third kappa shape index (κ3) is 2.58. The maximum absolute atomic E-state index is 13.3. The molecule has 8 heteroatoms. The van der Waals surface area contributed by atoms with Gasteiger partial charge in [-0.05, 0) is 30.3 Å². The summed E-state index contributed by atoms with van der Waals surface area (Å²) in [5.41, 5.74) is 0.473. The topological polar surface area (TPSA) is 81.4 Å². The lowest BCUT2D eigenvalue weighted by Gasteiger charge is -2.26. The van der Waals surface area contributed by atoms with Crippen LogP contribution < -0.4 is 9.64 Å². The van der Waals surface area contributed by atoms with Crippen molar-refractivity contribution in [1.82, 2.24) is 15.2 Å². The van der Waals surface area contributed by atoms with Crippen LogP contribution in [0.3, 0.4) is 0 Å². The molecule has 0 unspecified atom stereocenters. The Labute approximate surface area is 135 Å². The van der Waals surface area contributed by atoms with Gasteiger partial charge in [0, 0.05) is 11.8 Å². The average Bonchev–Trinajstić information content (AvgIpc) is 3.06. The van der Waals surface area contributed by atoms with E-state index in [1.807, 2.05) is 0 Å². The third-order valence-corrected chi connectivity index (χ3v) is 3.49. The standard InChI is InChI=1S/C16H11FN4O3/c17-11-4-1-3-10(7-11)16-20-19-13(24-16)8-21-14(22)9-23-12-5-2-6-18-15(12)21/h1-7H,8-9H2. The predicted molar refractivity (Wildman–Crippen MR) is 80.6 cm³/mol. The van der Waals surface area contributed by atoms with Crippen LogP contribution in [0.4, 0.5) is 10.2 Å². The average molecular weight is 326 g/mol. The van der Waals surface area contributed by atoms with Crippen LogP contribution in [0.15, 0.2) is 47.0 Å². The van der Waals surface area contributed by atoms with Crippen molar-refractivity contribution in [1.29, 1.82) is 0 Å². The molecule has 1 aromatic carbocycles. The van der Waals surface area contributed by atoms with Gasteiger partial charge >= 0.3 is 0 Å². The minimum Gasteiger partial charge on any atom is -0.480 e. The van der Waals surface area contributed by atoms with Gasteiger partial charge in [-0.2, -0.15) is 0 Å². The second-order valence-electron chi connectivity index (χ2n) is 5.11. The maximum atomic E-state index is 13.3. The van der Waals surface area contributed by atoms with E-state index in [0.717, 1.165) is 0 Å². The molecular weight excluding hydrogens is 315 g/mol. The summed E-state index contributed by atoms with van der Waals surface area (Å²) in [5.74, 6) is 0.675. The molecule has 0 bridgehead atoms. The zero-order chi connectivity index (χ0) is 16.5. The zero-order valence-electron chi connectivity index (χ0n) is 12.3. The van der Waals surface area contributed by atoms with E-state index in [2.05, 4.69) is 15.2 Å². The number of halogens is 1. The fraction of sp³-hybridized carbons (Fsp3) is 0.125. The first-order valence-electron chi connectivity index (χ1n) is 7.17. The molecule has 0 atom stereocenters. The highest BCUT2D eigenvalue weighted by Crippen LogP contribution is 2.30. The Morgan fingerprint density at radius 3 is 3.00 bits per heavy atom. The van der Waals surface area contributed by atoms with Crippen LogP contribution in [0.25, 0.3) is 11.5 Å². The molecule has 0 spiro atoms. The lowest BCUT2D eigenvalue weighted by atomic mass is 10.2. The van der Waals surface area contributed by atoms with Gasteiger partial charge in [-0.3, -0.25) is 9.69 Å². The number of nitrogens with zero attached hydrogens (tertiary/aromatic N) is 4. The van der Waals surface area contributed by atoms with Crippen LogP contribution in [0.1, 0.15) is 5.89 Å². The molecule has 1 amide bonds. The van der Waals surface area contributed by atoms with Crippen molar-refractivity contribution < 1.29 is 18.3 Å². The zero-order valence-corrected chi connectivity index (χ0v) is 12.3. The minimum absolute atomic E-state index is 0.0640. The number of rotatable bonds is 3. The first-order chi connectivity index (χ1) is 11.7. The SMILES string of the molecule is O=C1COc2cccnc2N1Cc1nnc(-c2cccc(F)c2)o1. The van der Waals surface area contributed by atoms with Crippen LogP contribution in [0.5, 0.6) is 5.75 Å². The molecule has 4 rings (SSSR count). The van der Waals surface area contributed by atoms with Gasteiger partial charge in [0.15, 0.2) is 18.2 Å². The van der Waals surface area contributed by atoms with Crippen molar-refractivity contribution in [2.75, 3.05) is 11.5 Å². The number of carbonyl (C=O) groups excluding carboxylic acids is 1. The van der Waals surface area contributed by atoms with Crippen molar-refractivity contribution >= 4 is 11.7 Å². The summed E-state index contributed by atoms with van der Waals surface area (Å²) in [5, 5.41) is 7.82. The molecule has 0 N–H and O–H groups in total. The molecule has 1 aliphatic heterocycles. The first-order valence-corrected chi connectivity index (χ1v) is 7.17. The van der Waals surface area contributed by atoms with Gasteiger partial charge in [0.25, 0.3) is 5.91 Å². The highest BCUT2D eigenvalue weighted by molar-refractivity contribution is 5.96. The van der Waals surface area contributed by atoms with E-state index < -0.39 is 5.82 Å². The van der Waals surface area contributed by atoms with Crippen molar-refractivity contribution in [2.45, 2.75) is 6.54 Å². The normalized spacial score (nSPS) is 13.5. The summed E-state index contributed by atoms with van der Waals surface area (Å²) in [6, 6.07) is 9.30. The Hall–Kier alpha value is -3.29. The number of ether oxygens (including phenoxy) is 1. The number of fused-ring (bicyclic) bond motifs is 1. The maximum Gasteiger partial charge on any atom is 0.266 e. The van der Waals surface area contributed by atoms with Gasteiger partial charge < -0.3 is 9.15 Å². The monoisotopic (exact) mass is 326 g/mol. The number of carbonyl (C=O) groups is 1. The molecule has 120 valence electrons. The fourth-order valence-electron chi connectivity index (χ4n) is 2.39. The lowest BCUT2D eigenvalue weighted by Crippen LogP contribution is -2.38. The quantitative estimate of drug-likeness (QED) is 0.734. The van der Waals surface area contributed by atoms with E-state index in [1.165, 1.54) is 17.0 Å². The van der Waals surface area contributed by atoms with Gasteiger partial charge in [0.1, 0.15) is 12.4 Å². The van der Waals surface area contributed by atoms with Crippen LogP contribution >= 0.6 is 0 Å². The Balaban J connectivity index is 1.61. The molecule has 3 aromatic rings. The fourth-order valence-corrected chi connectivity index (χ4v) is 2.39. The van der Waals surface area contributed by atoms with Crippen LogP contribution in [-0.4, -0.2) is 27.7 Å². The summed E-state index contributed by atoms with van der Waals surface area (Å²) >= 11 is 0. The molecule has 0 aliphatic carbocycles. The molecule has 1 aliphatic rings. The van der Waals surface area contributed by atoms with Crippen molar-refractivity contribution in [3.63, 3.8) is 0 Å². The molecule has 0 saturated heterocycles. The van der Waals surface area contributed by atoms with E-state index in [1.54, 1.807) is 30.5 Å². The molecule has 7 nitrogen and oxygen atoms in total. The van der Waals surface area contributed by atoms with Gasteiger partial charge in [0.2, 0.25) is 11.8 Å². The van der Waals surface area contributed by atoms with Gasteiger partial charge in [0.05, 0.1) is 0 Å². The highest BCUT2D eigenvalue weighted by atomic mass is 19.1. The Kier molecular flexibility index (Phi) is 3.42. The van der Waals surface area contributed by atoms with E-state index >= 15 is 0 Å². The number of hydrogen-bond donors (Lipinski definition) is 0. The number of hydrogen-bond acceptors (Lipinski definition) is 6. The molecule has 0 radical (unpaired) electrons. The van der Waals surface area contributed by atoms with E-state index in [4.69, 9.17) is 9.15 Å². The van der Waals surface area contributed by atoms with Crippen molar-refractivity contribution in [3.8, 4) is 17.2 Å². The summed E-state index contributed by atoms with van der Waals surface area (Å²) in [4.78, 5) is 17.7. The number of anilines is 1. The number of pyridine rings is 1. The van der Waals surface area contributed by atoms with Gasteiger partial charge in [-0.1, -0.05) is 6.07 Å². The summed E-state index contributed by atoms with van der Waals surface area (Å²) < 4.78 is 24.2. The lowest BCUT2D eigenvalue weighted by molar-refractivity contribution is -0.121. The summed E-state index contributed by atoms with van der Waals surface area (Å²) in [7, 11) is 0. The Morgan fingerprint density at radius 1 is 1.21 bits per heavy atom. The predicted octanol–water partition coefficient (Wildman–Crippen LogP) is 2.20. The van der Waals surface area contributed by atoms with E-state index in [9.17, 15) is 9.18 Å². The van der Waals surface area contributed by atoms with Crippen LogP contribution in [0.2, 0.25) is 0 Å². The molecule has 24 heavy (non-hydrogen) atoms. The third-order valence-electron chi connectivity index (χ3n) is 3.49. The van der Waals surface area contributed by atoms with E-state index in [-0.39, 0.29) is 30.8 Å². The van der Waals surface area contributed by atoms with Crippen molar-refractivity contribution in [2.24, 2.45) is 0 Å². The van der Waals surface area contributed by atoms with E-state index in [0.29, 0.717) is 17.1 Å². The molecule has 2 aromatic heterocycles. The van der Waals surface area contributed by atoms with Crippen LogP contribution in [-0.2, 0) is 11.3 Å². The summed E-state index contributed by atoms with van der Waals surface area (Å²) in [6.07, 6.45) is 1.57. The molecule has 0 fully saturated rings.